The second-order valence-corrected chi connectivity index (χ2v) is 4.05. The lowest BCUT2D eigenvalue weighted by atomic mass is 10.1. The van der Waals surface area contributed by atoms with Gasteiger partial charge in [0.15, 0.2) is 0 Å². The summed E-state index contributed by atoms with van der Waals surface area (Å²) in [7, 11) is 2.03. The molecule has 16 heavy (non-hydrogen) atoms. The van der Waals surface area contributed by atoms with Gasteiger partial charge in [-0.05, 0) is 44.5 Å². The number of hydrogen-bond acceptors (Lipinski definition) is 3. The maximum absolute atomic E-state index is 5.54. The molecule has 0 unspecified atom stereocenters. The zero-order valence-electron chi connectivity index (χ0n) is 10.5. The van der Waals surface area contributed by atoms with E-state index in [0.717, 1.165) is 25.3 Å². The van der Waals surface area contributed by atoms with Gasteiger partial charge in [-0.3, -0.25) is 4.90 Å². The Morgan fingerprint density at radius 2 is 2.12 bits per heavy atom. The van der Waals surface area contributed by atoms with Crippen molar-refractivity contribution in [2.45, 2.75) is 20.3 Å². The van der Waals surface area contributed by atoms with Crippen LogP contribution in [0, 0.1) is 6.92 Å². The maximum atomic E-state index is 5.54. The molecule has 1 aromatic rings. The van der Waals surface area contributed by atoms with E-state index in [4.69, 9.17) is 10.5 Å². The molecule has 3 heteroatoms. The number of benzene rings is 1. The number of ether oxygens (including phenoxy) is 1. The van der Waals surface area contributed by atoms with Crippen LogP contribution in [0.25, 0.3) is 0 Å². The van der Waals surface area contributed by atoms with Gasteiger partial charge in [-0.2, -0.15) is 0 Å². The van der Waals surface area contributed by atoms with Gasteiger partial charge in [0.05, 0.1) is 6.61 Å². The minimum Gasteiger partial charge on any atom is -0.494 e. The number of hydrogen-bond donors (Lipinski definition) is 1. The molecule has 0 saturated heterocycles. The van der Waals surface area contributed by atoms with E-state index < -0.39 is 0 Å². The minimum atomic E-state index is 0.607. The van der Waals surface area contributed by atoms with Gasteiger partial charge in [-0.15, -0.1) is 0 Å². The van der Waals surface area contributed by atoms with E-state index in [0.29, 0.717) is 6.67 Å². The second-order valence-electron chi connectivity index (χ2n) is 4.05. The van der Waals surface area contributed by atoms with Gasteiger partial charge in [-0.1, -0.05) is 12.1 Å². The highest BCUT2D eigenvalue weighted by molar-refractivity contribution is 5.36. The van der Waals surface area contributed by atoms with Crippen LogP contribution in [0.2, 0.25) is 0 Å². The third-order valence-corrected chi connectivity index (χ3v) is 2.63. The van der Waals surface area contributed by atoms with E-state index in [9.17, 15) is 0 Å². The summed E-state index contributed by atoms with van der Waals surface area (Å²) in [6, 6.07) is 6.37. The first-order valence-electron chi connectivity index (χ1n) is 5.78. The van der Waals surface area contributed by atoms with Crippen LogP contribution in [0.1, 0.15) is 18.1 Å². The number of nitrogens with zero attached hydrogens (tertiary/aromatic N) is 1. The Bertz CT molecular complexity index is 326. The fourth-order valence-electron chi connectivity index (χ4n) is 1.60. The molecule has 3 nitrogen and oxygen atoms in total. The molecule has 0 amide bonds. The maximum Gasteiger partial charge on any atom is 0.122 e. The largest absolute Gasteiger partial charge is 0.494 e. The van der Waals surface area contributed by atoms with Gasteiger partial charge in [0.1, 0.15) is 5.75 Å². The Balaban J connectivity index is 2.59. The van der Waals surface area contributed by atoms with Crippen molar-refractivity contribution < 1.29 is 4.74 Å². The molecule has 1 aromatic carbocycles. The van der Waals surface area contributed by atoms with E-state index in [-0.39, 0.29) is 0 Å². The van der Waals surface area contributed by atoms with E-state index in [1.165, 1.54) is 11.1 Å². The van der Waals surface area contributed by atoms with Crippen LogP contribution >= 0.6 is 0 Å². The third kappa shape index (κ3) is 3.83. The predicted molar refractivity (Wildman–Crippen MR) is 67.7 cm³/mol. The van der Waals surface area contributed by atoms with Crippen molar-refractivity contribution in [3.05, 3.63) is 29.3 Å². The van der Waals surface area contributed by atoms with Gasteiger partial charge in [0, 0.05) is 13.2 Å². The molecule has 0 radical (unpaired) electrons. The van der Waals surface area contributed by atoms with Gasteiger partial charge in [0.25, 0.3) is 0 Å². The van der Waals surface area contributed by atoms with Gasteiger partial charge >= 0.3 is 0 Å². The van der Waals surface area contributed by atoms with Crippen LogP contribution in [0.15, 0.2) is 18.2 Å². The van der Waals surface area contributed by atoms with Crippen molar-refractivity contribution in [2.24, 2.45) is 5.73 Å². The zero-order chi connectivity index (χ0) is 12.0. The van der Waals surface area contributed by atoms with Crippen LogP contribution in [0.4, 0.5) is 0 Å². The van der Waals surface area contributed by atoms with Crippen LogP contribution in [0.5, 0.6) is 5.75 Å². The summed E-state index contributed by atoms with van der Waals surface area (Å²) < 4.78 is 5.51. The summed E-state index contributed by atoms with van der Waals surface area (Å²) in [5, 5.41) is 0. The van der Waals surface area contributed by atoms with Gasteiger partial charge < -0.3 is 10.5 Å². The Kier molecular flexibility index (Phi) is 5.29. The average Bonchev–Trinajstić information content (AvgIpc) is 2.29. The van der Waals surface area contributed by atoms with Crippen molar-refractivity contribution in [2.75, 3.05) is 26.9 Å². The van der Waals surface area contributed by atoms with Gasteiger partial charge in [0.2, 0.25) is 0 Å². The zero-order valence-corrected chi connectivity index (χ0v) is 10.5. The van der Waals surface area contributed by atoms with Crippen LogP contribution < -0.4 is 10.5 Å². The summed E-state index contributed by atoms with van der Waals surface area (Å²) in [5.41, 5.74) is 8.07. The van der Waals surface area contributed by atoms with Crippen molar-refractivity contribution in [1.82, 2.24) is 4.90 Å². The molecule has 90 valence electrons. The molecule has 0 heterocycles. The Labute approximate surface area is 98.2 Å². The molecule has 0 aromatic heterocycles. The summed E-state index contributed by atoms with van der Waals surface area (Å²) in [4.78, 5) is 2.10. The highest BCUT2D eigenvalue weighted by atomic mass is 16.5. The SMILES string of the molecule is CCOc1ccc(CCN(C)CN)cc1C. The van der Waals surface area contributed by atoms with E-state index in [2.05, 4.69) is 30.0 Å². The second kappa shape index (κ2) is 6.51. The summed E-state index contributed by atoms with van der Waals surface area (Å²) in [5.74, 6) is 0.985. The monoisotopic (exact) mass is 222 g/mol. The standard InChI is InChI=1S/C13H22N2O/c1-4-16-13-6-5-12(9-11(13)2)7-8-15(3)10-14/h5-6,9H,4,7-8,10,14H2,1-3H3. The summed E-state index contributed by atoms with van der Waals surface area (Å²) in [6.45, 7) is 6.40. The Hall–Kier alpha value is -1.06. The molecule has 0 saturated carbocycles. The van der Waals surface area contributed by atoms with Crippen molar-refractivity contribution in [3.63, 3.8) is 0 Å². The highest BCUT2D eigenvalue weighted by Gasteiger charge is 2.02. The topological polar surface area (TPSA) is 38.5 Å². The summed E-state index contributed by atoms with van der Waals surface area (Å²) >= 11 is 0. The first kappa shape index (κ1) is 13.0. The smallest absolute Gasteiger partial charge is 0.122 e. The van der Waals surface area contributed by atoms with E-state index in [1.54, 1.807) is 0 Å². The fraction of sp³-hybridized carbons (Fsp3) is 0.538. The van der Waals surface area contributed by atoms with Crippen molar-refractivity contribution in [3.8, 4) is 5.75 Å². The lowest BCUT2D eigenvalue weighted by Gasteiger charge is -2.14. The molecule has 2 N–H and O–H groups in total. The van der Waals surface area contributed by atoms with E-state index >= 15 is 0 Å². The van der Waals surface area contributed by atoms with Gasteiger partial charge in [-0.25, -0.2) is 0 Å². The molecule has 0 bridgehead atoms. The molecular weight excluding hydrogens is 200 g/mol. The molecule has 0 aliphatic rings. The summed E-state index contributed by atoms with van der Waals surface area (Å²) in [6.07, 6.45) is 1.03. The molecule has 0 aliphatic heterocycles. The highest BCUT2D eigenvalue weighted by Crippen LogP contribution is 2.19. The lowest BCUT2D eigenvalue weighted by Crippen LogP contribution is -2.27. The third-order valence-electron chi connectivity index (χ3n) is 2.63. The molecule has 0 aliphatic carbocycles. The van der Waals surface area contributed by atoms with Crippen molar-refractivity contribution >= 4 is 0 Å². The quantitative estimate of drug-likeness (QED) is 0.746. The minimum absolute atomic E-state index is 0.607. The molecular formula is C13H22N2O. The Morgan fingerprint density at radius 1 is 1.38 bits per heavy atom. The fourth-order valence-corrected chi connectivity index (χ4v) is 1.60. The van der Waals surface area contributed by atoms with Crippen LogP contribution in [-0.2, 0) is 6.42 Å². The van der Waals surface area contributed by atoms with Crippen LogP contribution in [0.3, 0.4) is 0 Å². The van der Waals surface area contributed by atoms with Crippen molar-refractivity contribution in [1.29, 1.82) is 0 Å². The normalized spacial score (nSPS) is 10.8. The molecule has 0 fully saturated rings. The first-order valence-corrected chi connectivity index (χ1v) is 5.78. The Morgan fingerprint density at radius 3 is 2.69 bits per heavy atom. The lowest BCUT2D eigenvalue weighted by molar-refractivity contribution is 0.337. The molecule has 0 atom stereocenters. The predicted octanol–water partition coefficient (Wildman–Crippen LogP) is 1.78. The van der Waals surface area contributed by atoms with Crippen LogP contribution in [-0.4, -0.2) is 31.8 Å². The molecule has 0 spiro atoms. The first-order chi connectivity index (χ1) is 7.67. The van der Waals surface area contributed by atoms with E-state index in [1.807, 2.05) is 14.0 Å². The number of aryl methyl sites for hydroxylation is 1. The number of rotatable bonds is 6. The molecule has 1 rings (SSSR count). The number of likely N-dealkylation sites (N-methyl/N-ethyl adjacent to an activating group) is 1. The number of nitrogens with two attached hydrogens (primary N) is 1. The average molecular weight is 222 g/mol.